The highest BCUT2D eigenvalue weighted by molar-refractivity contribution is 6.23. The van der Waals surface area contributed by atoms with E-state index in [2.05, 4.69) is 89.9 Å². The zero-order chi connectivity index (χ0) is 59.2. The van der Waals surface area contributed by atoms with Crippen LogP contribution in [0.15, 0.2) is 85.2 Å². The molecule has 0 spiro atoms. The Bertz CT molecular complexity index is 3810. The molecule has 3 N–H and O–H groups in total. The third-order valence-corrected chi connectivity index (χ3v) is 16.5. The summed E-state index contributed by atoms with van der Waals surface area (Å²) >= 11 is 0. The third kappa shape index (κ3) is 12.2. The van der Waals surface area contributed by atoms with E-state index in [9.17, 15) is 14.4 Å². The fourth-order valence-corrected chi connectivity index (χ4v) is 11.8. The second-order valence-corrected chi connectivity index (χ2v) is 21.9. The van der Waals surface area contributed by atoms with E-state index < -0.39 is 0 Å². The second kappa shape index (κ2) is 26.0. The lowest BCUT2D eigenvalue weighted by atomic mass is 9.84. The minimum absolute atomic E-state index is 0.111. The number of hydrogen-bond acceptors (Lipinski definition) is 14. The number of unbranched alkanes of at least 4 members (excludes halogenated alkanes) is 1. The van der Waals surface area contributed by atoms with Crippen molar-refractivity contribution >= 4 is 62.4 Å². The highest BCUT2D eigenvalue weighted by atomic mass is 16.5. The predicted molar refractivity (Wildman–Crippen MR) is 324 cm³/mol. The van der Waals surface area contributed by atoms with E-state index in [0.717, 1.165) is 91.3 Å². The lowest BCUT2D eigenvalue weighted by Crippen LogP contribution is -2.41. The maximum Gasteiger partial charge on any atom is 0.305 e. The van der Waals surface area contributed by atoms with Crippen molar-refractivity contribution in [3.8, 4) is 23.3 Å². The number of nitrogens with zero attached hydrogens (tertiary/aromatic N) is 5. The molecule has 436 valence electrons. The van der Waals surface area contributed by atoms with Crippen molar-refractivity contribution in [2.45, 2.75) is 117 Å². The maximum atomic E-state index is 14.9. The minimum atomic E-state index is -0.386. The van der Waals surface area contributed by atoms with Crippen LogP contribution in [0.3, 0.4) is 0 Å². The Kier molecular flexibility index (Phi) is 18.2. The van der Waals surface area contributed by atoms with Gasteiger partial charge in [-0.15, -0.1) is 0 Å². The molecule has 0 saturated carbocycles. The van der Waals surface area contributed by atoms with Gasteiger partial charge in [0.1, 0.15) is 25.4 Å². The number of amides is 2. The molecule has 84 heavy (non-hydrogen) atoms. The van der Waals surface area contributed by atoms with Crippen LogP contribution in [-0.4, -0.2) is 113 Å². The Morgan fingerprint density at radius 3 is 2.23 bits per heavy atom. The fraction of sp³-hybridized carbons (Fsp3) is 0.388. The molecule has 0 saturated heterocycles. The van der Waals surface area contributed by atoms with Gasteiger partial charge in [-0.1, -0.05) is 64.2 Å². The summed E-state index contributed by atoms with van der Waals surface area (Å²) in [6.45, 7) is 16.8. The van der Waals surface area contributed by atoms with Gasteiger partial charge in [-0.3, -0.25) is 24.3 Å². The van der Waals surface area contributed by atoms with Crippen molar-refractivity contribution in [2.75, 3.05) is 59.6 Å². The molecular weight excluding hydrogens is 1060 g/mol. The summed E-state index contributed by atoms with van der Waals surface area (Å²) in [5.74, 6) is 7.07. The van der Waals surface area contributed by atoms with Crippen LogP contribution in [0.1, 0.15) is 174 Å². The zero-order valence-electron chi connectivity index (χ0n) is 49.7. The Morgan fingerprint density at radius 1 is 0.774 bits per heavy atom. The number of anilines is 2. The molecule has 17 heteroatoms. The minimum Gasteiger partial charge on any atom is -0.487 e. The van der Waals surface area contributed by atoms with Crippen molar-refractivity contribution in [1.29, 1.82) is 0 Å². The number of aromatic nitrogens is 6. The van der Waals surface area contributed by atoms with Crippen LogP contribution in [0, 0.1) is 18.8 Å². The smallest absolute Gasteiger partial charge is 0.305 e. The van der Waals surface area contributed by atoms with Crippen molar-refractivity contribution in [1.82, 2.24) is 34.8 Å². The number of aryl methyl sites for hydroxylation is 1. The third-order valence-electron chi connectivity index (χ3n) is 16.5. The van der Waals surface area contributed by atoms with E-state index in [1.807, 2.05) is 74.5 Å². The highest BCUT2D eigenvalue weighted by Gasteiger charge is 2.41. The number of methoxy groups -OCH3 is 3. The van der Waals surface area contributed by atoms with Gasteiger partial charge in [0.15, 0.2) is 11.5 Å². The molecule has 2 amide bonds. The van der Waals surface area contributed by atoms with E-state index in [-0.39, 0.29) is 60.5 Å². The Labute approximate surface area is 490 Å². The maximum absolute atomic E-state index is 14.9. The normalized spacial score (nSPS) is 17.2. The first-order valence-electron chi connectivity index (χ1n) is 29.1. The number of aromatic amines is 2. The van der Waals surface area contributed by atoms with Gasteiger partial charge in [0, 0.05) is 107 Å². The van der Waals surface area contributed by atoms with Gasteiger partial charge in [-0.25, -0.2) is 15.0 Å². The van der Waals surface area contributed by atoms with Crippen molar-refractivity contribution < 1.29 is 42.8 Å². The molecule has 5 atom stereocenters. The SMILES string of the molecule is CCCCN1C(=O)c2c3nc(cc4nc(cc5[nH]c(cc6[nH]c2c(c6C)C1=O)C(CC)C5C)C(C(C)OCc1cccc(C#Cc2cccc(Nc5ncnc6cc(OCCOC)c(OCCOC)cc56)c2)c1)=C4C)C(C)[C@@H]3CCC(=O)OC. The zero-order valence-corrected chi connectivity index (χ0v) is 49.7. The molecule has 17 nitrogen and oxygen atoms in total. The van der Waals surface area contributed by atoms with E-state index >= 15 is 0 Å². The number of carbonyl (C=O) groups excluding carboxylic acids is 3. The molecular formula is C67H74N8O9. The molecule has 8 bridgehead atoms. The van der Waals surface area contributed by atoms with Crippen LogP contribution in [0.25, 0.3) is 33.1 Å². The van der Waals surface area contributed by atoms with Gasteiger partial charge in [-0.05, 0) is 111 Å². The van der Waals surface area contributed by atoms with Gasteiger partial charge < -0.3 is 43.7 Å². The number of allylic oxidation sites excluding steroid dienone is 1. The summed E-state index contributed by atoms with van der Waals surface area (Å²) in [5, 5.41) is 4.22. The number of esters is 1. The van der Waals surface area contributed by atoms with Crippen LogP contribution in [0.5, 0.6) is 11.5 Å². The van der Waals surface area contributed by atoms with E-state index in [0.29, 0.717) is 91.0 Å². The van der Waals surface area contributed by atoms with Gasteiger partial charge >= 0.3 is 5.97 Å². The summed E-state index contributed by atoms with van der Waals surface area (Å²) < 4.78 is 34.4. The van der Waals surface area contributed by atoms with Crippen LogP contribution >= 0.6 is 0 Å². The summed E-state index contributed by atoms with van der Waals surface area (Å²) in [6.07, 6.45) is 3.98. The van der Waals surface area contributed by atoms with Crippen LogP contribution in [0.2, 0.25) is 0 Å². The van der Waals surface area contributed by atoms with Gasteiger partial charge in [-0.2, -0.15) is 0 Å². The van der Waals surface area contributed by atoms with E-state index in [1.54, 1.807) is 14.2 Å². The Balaban J connectivity index is 0.957. The highest BCUT2D eigenvalue weighted by Crippen LogP contribution is 2.46. The number of nitrogens with one attached hydrogen (secondary N) is 3. The molecule has 10 rings (SSSR count). The largest absolute Gasteiger partial charge is 0.487 e. The summed E-state index contributed by atoms with van der Waals surface area (Å²) in [5.41, 5.74) is 13.7. The van der Waals surface area contributed by atoms with Crippen LogP contribution < -0.4 is 14.8 Å². The predicted octanol–water partition coefficient (Wildman–Crippen LogP) is 12.6. The molecule has 0 fully saturated rings. The standard InChI is InChI=1S/C67H74N8O9/c1-11-13-24-75-66(77)61-41(6)53-33-55-47(12-2)38(3)50(71-55)34-56-60(40(5)52(72-56)32-51-39(4)48(22-23-59(76)81-10)63(73-51)62(67(75)78)64(61)74-53)42(7)84-36-45-18-14-16-43(29-45)20-21-44-17-15-19-46(30-44)70-65-49-31-57(82-27-25-79-8)58(83-28-26-80-9)35-54(49)68-37-69-65/h14-19,29-35,37-39,42,47-48,71,74H,11-13,22-28,36H2,1-10H3,(H,68,69,70)/t38?,39?,42?,47?,48-/m0/s1. The number of H-pyrrole nitrogens is 2. The molecule has 7 heterocycles. The molecule has 0 aliphatic carbocycles. The van der Waals surface area contributed by atoms with Crippen molar-refractivity contribution in [3.05, 3.63) is 153 Å². The number of imide groups is 1. The first kappa shape index (κ1) is 58.8. The first-order valence-corrected chi connectivity index (χ1v) is 29.1. The number of benzene rings is 3. The lowest BCUT2D eigenvalue weighted by molar-refractivity contribution is -0.140. The first-order chi connectivity index (χ1) is 40.7. The molecule has 0 radical (unpaired) electrons. The molecule has 4 aliphatic heterocycles. The lowest BCUT2D eigenvalue weighted by Gasteiger charge is -2.27. The van der Waals surface area contributed by atoms with E-state index in [4.69, 9.17) is 38.4 Å². The molecule has 3 aromatic carbocycles. The van der Waals surface area contributed by atoms with E-state index in [1.165, 1.54) is 18.3 Å². The van der Waals surface area contributed by atoms with Crippen molar-refractivity contribution in [3.63, 3.8) is 0 Å². The summed E-state index contributed by atoms with van der Waals surface area (Å²) in [6, 6.07) is 25.9. The summed E-state index contributed by atoms with van der Waals surface area (Å²) in [7, 11) is 4.63. The average molecular weight is 1140 g/mol. The van der Waals surface area contributed by atoms with Gasteiger partial charge in [0.2, 0.25) is 0 Å². The molecule has 4 unspecified atom stereocenters. The fourth-order valence-electron chi connectivity index (χ4n) is 11.8. The number of rotatable bonds is 21. The molecule has 6 aromatic rings. The number of ether oxygens (including phenoxy) is 6. The second-order valence-electron chi connectivity index (χ2n) is 21.9. The average Bonchev–Trinajstić information content (AvgIpc) is 1.80. The van der Waals surface area contributed by atoms with Gasteiger partial charge in [0.05, 0.1) is 72.3 Å². The number of fused-ring (bicyclic) bond motifs is 9. The Hall–Kier alpha value is -8.43. The number of hydrogen-bond donors (Lipinski definition) is 3. The quantitative estimate of drug-likeness (QED) is 0.0265. The Morgan fingerprint density at radius 2 is 1.50 bits per heavy atom. The monoisotopic (exact) mass is 1130 g/mol. The van der Waals surface area contributed by atoms with Gasteiger partial charge in [0.25, 0.3) is 11.8 Å². The molecule has 3 aromatic heterocycles. The van der Waals surface area contributed by atoms with Crippen LogP contribution in [-0.2, 0) is 30.3 Å². The summed E-state index contributed by atoms with van der Waals surface area (Å²) in [4.78, 5) is 70.7. The van der Waals surface area contributed by atoms with Crippen molar-refractivity contribution in [2.24, 2.45) is 0 Å². The number of carbonyl (C=O) groups is 3. The molecule has 4 aliphatic rings. The van der Waals surface area contributed by atoms with Crippen LogP contribution in [0.4, 0.5) is 11.5 Å². The topological polar surface area (TPSA) is 205 Å².